The number of hydrogen-bond acceptors (Lipinski definition) is 5. The van der Waals surface area contributed by atoms with Crippen molar-refractivity contribution in [1.29, 1.82) is 0 Å². The van der Waals surface area contributed by atoms with Gasteiger partial charge in [0, 0.05) is 55.8 Å². The quantitative estimate of drug-likeness (QED) is 0.534. The second kappa shape index (κ2) is 10.4. The van der Waals surface area contributed by atoms with Gasteiger partial charge >= 0.3 is 0 Å². The molecule has 9 heteroatoms. The van der Waals surface area contributed by atoms with Gasteiger partial charge in [-0.25, -0.2) is 4.39 Å². The largest absolute Gasteiger partial charge is 0.330 e. The highest BCUT2D eigenvalue weighted by molar-refractivity contribution is 6.06. The van der Waals surface area contributed by atoms with Crippen molar-refractivity contribution in [2.24, 2.45) is 5.41 Å². The van der Waals surface area contributed by atoms with E-state index in [0.29, 0.717) is 17.5 Å². The summed E-state index contributed by atoms with van der Waals surface area (Å²) < 4.78 is 13.7. The van der Waals surface area contributed by atoms with Gasteiger partial charge in [0.25, 0.3) is 11.8 Å². The van der Waals surface area contributed by atoms with Crippen LogP contribution in [0.25, 0.3) is 5.57 Å². The SMILES string of the molecule is CC1(C)CCC(CN2CC3CC(C2)N3C(=O)c2ccc3c(c2)CN(C2CCC(=O)NC2=O)C3=O)=C(c2ccc(F)cc2)C1. The highest BCUT2D eigenvalue weighted by Crippen LogP contribution is 2.44. The van der Waals surface area contributed by atoms with Crippen LogP contribution in [0.3, 0.4) is 0 Å². The van der Waals surface area contributed by atoms with Crippen molar-refractivity contribution in [3.05, 3.63) is 76.1 Å². The van der Waals surface area contributed by atoms with Gasteiger partial charge in [-0.05, 0) is 84.6 Å². The average molecular weight is 585 g/mol. The molecule has 5 heterocycles. The summed E-state index contributed by atoms with van der Waals surface area (Å²) in [4.78, 5) is 56.7. The Bertz CT molecular complexity index is 1550. The summed E-state index contributed by atoms with van der Waals surface area (Å²) >= 11 is 0. The van der Waals surface area contributed by atoms with Crippen molar-refractivity contribution in [3.8, 4) is 0 Å². The molecule has 3 unspecified atom stereocenters. The first-order chi connectivity index (χ1) is 20.6. The second-order valence-corrected chi connectivity index (χ2v) is 13.7. The molecule has 2 bridgehead atoms. The Labute approximate surface area is 250 Å². The number of carbonyl (C=O) groups excluding carboxylic acids is 4. The Morgan fingerprint density at radius 1 is 1.02 bits per heavy atom. The standard InChI is InChI=1S/C34H37FN4O4/c1-34(2)12-11-22(28(15-34)20-3-6-24(35)7-4-20)16-37-18-25-14-26(19-37)39(25)32(42)21-5-8-27-23(13-21)17-38(33(27)43)29-9-10-30(40)36-31(29)41/h3-8,13,25-26,29H,9-12,14-19H2,1-2H3,(H,36,40,41). The molecule has 5 aliphatic heterocycles. The minimum absolute atomic E-state index is 0.0127. The van der Waals surface area contributed by atoms with Crippen LogP contribution in [-0.4, -0.2) is 76.1 Å². The number of halogens is 1. The number of hydrogen-bond donors (Lipinski definition) is 1. The van der Waals surface area contributed by atoms with Crippen LogP contribution in [0.2, 0.25) is 0 Å². The number of carbonyl (C=O) groups is 4. The van der Waals surface area contributed by atoms with Gasteiger partial charge < -0.3 is 9.80 Å². The predicted molar refractivity (Wildman–Crippen MR) is 158 cm³/mol. The first kappa shape index (κ1) is 28.0. The monoisotopic (exact) mass is 584 g/mol. The number of piperidine rings is 2. The lowest BCUT2D eigenvalue weighted by Gasteiger charge is -2.56. The fraction of sp³-hybridized carbons (Fsp3) is 0.471. The van der Waals surface area contributed by atoms with Crippen LogP contribution in [0.4, 0.5) is 4.39 Å². The summed E-state index contributed by atoms with van der Waals surface area (Å²) in [5.74, 6) is -1.22. The Kier molecular flexibility index (Phi) is 6.76. The first-order valence-electron chi connectivity index (χ1n) is 15.4. The van der Waals surface area contributed by atoms with Crippen molar-refractivity contribution in [2.45, 2.75) is 77.0 Å². The Balaban J connectivity index is 1.03. The van der Waals surface area contributed by atoms with Crippen LogP contribution in [0.1, 0.15) is 84.2 Å². The summed E-state index contributed by atoms with van der Waals surface area (Å²) in [5, 5.41) is 2.33. The molecule has 0 radical (unpaired) electrons. The van der Waals surface area contributed by atoms with Crippen molar-refractivity contribution >= 4 is 29.2 Å². The zero-order chi connectivity index (χ0) is 30.0. The van der Waals surface area contributed by atoms with Gasteiger partial charge in [0.1, 0.15) is 11.9 Å². The van der Waals surface area contributed by atoms with E-state index in [0.717, 1.165) is 56.4 Å². The van der Waals surface area contributed by atoms with Gasteiger partial charge in [0.05, 0.1) is 0 Å². The van der Waals surface area contributed by atoms with E-state index < -0.39 is 11.9 Å². The molecule has 3 atom stereocenters. The summed E-state index contributed by atoms with van der Waals surface area (Å²) in [6, 6.07) is 11.7. The zero-order valence-electron chi connectivity index (χ0n) is 24.7. The van der Waals surface area contributed by atoms with Crippen LogP contribution in [-0.2, 0) is 16.1 Å². The normalized spacial score (nSPS) is 26.8. The molecule has 224 valence electrons. The number of rotatable bonds is 5. The molecular weight excluding hydrogens is 547 g/mol. The third-order valence-corrected chi connectivity index (χ3v) is 10.1. The van der Waals surface area contributed by atoms with Gasteiger partial charge in [0.2, 0.25) is 11.8 Å². The predicted octanol–water partition coefficient (Wildman–Crippen LogP) is 4.15. The topological polar surface area (TPSA) is 90.0 Å². The Morgan fingerprint density at radius 2 is 1.77 bits per heavy atom. The summed E-state index contributed by atoms with van der Waals surface area (Å²) in [7, 11) is 0. The van der Waals surface area contributed by atoms with Gasteiger partial charge in [-0.15, -0.1) is 0 Å². The van der Waals surface area contributed by atoms with E-state index in [9.17, 15) is 23.6 Å². The molecule has 4 fully saturated rings. The summed E-state index contributed by atoms with van der Waals surface area (Å²) in [6.07, 6.45) is 4.63. The number of nitrogens with zero attached hydrogens (tertiary/aromatic N) is 3. The number of imide groups is 1. The third kappa shape index (κ3) is 5.07. The van der Waals surface area contributed by atoms with Gasteiger partial charge in [0.15, 0.2) is 0 Å². The van der Waals surface area contributed by atoms with E-state index in [-0.39, 0.29) is 54.0 Å². The fourth-order valence-electron chi connectivity index (χ4n) is 7.75. The molecule has 8 nitrogen and oxygen atoms in total. The number of amides is 4. The van der Waals surface area contributed by atoms with Crippen molar-refractivity contribution in [1.82, 2.24) is 20.0 Å². The summed E-state index contributed by atoms with van der Waals surface area (Å²) in [6.45, 7) is 7.36. The smallest absolute Gasteiger partial charge is 0.255 e. The van der Waals surface area contributed by atoms with E-state index in [2.05, 4.69) is 24.1 Å². The number of fused-ring (bicyclic) bond motifs is 3. The Hall–Kier alpha value is -3.85. The maximum atomic E-state index is 13.7. The molecule has 1 aliphatic carbocycles. The number of piperazine rings is 1. The van der Waals surface area contributed by atoms with Gasteiger partial charge in [-0.2, -0.15) is 0 Å². The van der Waals surface area contributed by atoms with Crippen molar-refractivity contribution in [3.63, 3.8) is 0 Å². The van der Waals surface area contributed by atoms with Crippen LogP contribution in [0, 0.1) is 11.2 Å². The van der Waals surface area contributed by atoms with Crippen molar-refractivity contribution in [2.75, 3.05) is 19.6 Å². The minimum atomic E-state index is -0.675. The van der Waals surface area contributed by atoms with Crippen LogP contribution in [0.5, 0.6) is 0 Å². The molecular formula is C34H37FN4O4. The molecule has 0 spiro atoms. The van der Waals surface area contributed by atoms with Crippen LogP contribution < -0.4 is 5.32 Å². The van der Waals surface area contributed by atoms with Crippen molar-refractivity contribution < 1.29 is 23.6 Å². The number of nitrogens with one attached hydrogen (secondary N) is 1. The molecule has 4 saturated heterocycles. The van der Waals surface area contributed by atoms with Crippen LogP contribution in [0.15, 0.2) is 48.0 Å². The highest BCUT2D eigenvalue weighted by Gasteiger charge is 2.48. The molecule has 2 aromatic carbocycles. The van der Waals surface area contributed by atoms with Gasteiger partial charge in [-0.1, -0.05) is 31.6 Å². The molecule has 0 aromatic heterocycles. The first-order valence-corrected chi connectivity index (χ1v) is 15.4. The van der Waals surface area contributed by atoms with Gasteiger partial charge in [-0.3, -0.25) is 29.4 Å². The maximum absolute atomic E-state index is 13.7. The van der Waals surface area contributed by atoms with E-state index in [1.54, 1.807) is 30.3 Å². The lowest BCUT2D eigenvalue weighted by Crippen LogP contribution is -2.70. The number of benzene rings is 2. The molecule has 8 rings (SSSR count). The van der Waals surface area contributed by atoms with Crippen LogP contribution >= 0.6 is 0 Å². The highest BCUT2D eigenvalue weighted by atomic mass is 19.1. The zero-order valence-corrected chi connectivity index (χ0v) is 24.7. The van der Waals surface area contributed by atoms with E-state index in [4.69, 9.17) is 0 Å². The average Bonchev–Trinajstić information content (AvgIpc) is 3.29. The minimum Gasteiger partial charge on any atom is -0.330 e. The molecule has 6 aliphatic rings. The van der Waals surface area contributed by atoms with E-state index in [1.807, 2.05) is 17.0 Å². The van der Waals surface area contributed by atoms with E-state index in [1.165, 1.54) is 16.0 Å². The van der Waals surface area contributed by atoms with E-state index >= 15 is 0 Å². The molecule has 43 heavy (non-hydrogen) atoms. The second-order valence-electron chi connectivity index (χ2n) is 13.7. The summed E-state index contributed by atoms with van der Waals surface area (Å²) in [5.41, 5.74) is 5.90. The fourth-order valence-corrected chi connectivity index (χ4v) is 7.75. The third-order valence-electron chi connectivity index (χ3n) is 10.1. The molecule has 0 saturated carbocycles. The number of allylic oxidation sites excluding steroid dienone is 1. The Morgan fingerprint density at radius 3 is 2.49 bits per heavy atom. The molecule has 2 aromatic rings. The lowest BCUT2D eigenvalue weighted by molar-refractivity contribution is -0.136. The molecule has 1 N–H and O–H groups in total. The molecule has 4 amide bonds. The maximum Gasteiger partial charge on any atom is 0.255 e. The lowest BCUT2D eigenvalue weighted by atomic mass is 9.72.